The Morgan fingerprint density at radius 3 is 2.58 bits per heavy atom. The van der Waals surface area contributed by atoms with Crippen molar-refractivity contribution in [2.45, 2.75) is 18.9 Å². The van der Waals surface area contributed by atoms with E-state index in [0.717, 1.165) is 69.5 Å². The van der Waals surface area contributed by atoms with Gasteiger partial charge in [-0.05, 0) is 37.1 Å². The second-order valence-corrected chi connectivity index (χ2v) is 7.40. The molecule has 26 heavy (non-hydrogen) atoms. The molecular formula is C18H22FN5OS. The maximum Gasteiger partial charge on any atom is 0.275 e. The van der Waals surface area contributed by atoms with E-state index in [4.69, 9.17) is 0 Å². The number of carbonyl (C=O) groups is 1. The molecule has 4 rings (SSSR count). The van der Waals surface area contributed by atoms with Gasteiger partial charge in [0.2, 0.25) is 0 Å². The molecule has 0 N–H and O–H groups in total. The number of piperidine rings is 1. The first-order valence-corrected chi connectivity index (χ1v) is 9.75. The molecule has 1 amide bonds. The van der Waals surface area contributed by atoms with Gasteiger partial charge in [0.15, 0.2) is 5.69 Å². The number of hydrogen-bond acceptors (Lipinski definition) is 6. The monoisotopic (exact) mass is 375 g/mol. The smallest absolute Gasteiger partial charge is 0.275 e. The Labute approximate surface area is 156 Å². The van der Waals surface area contributed by atoms with Crippen molar-refractivity contribution < 1.29 is 9.18 Å². The van der Waals surface area contributed by atoms with Gasteiger partial charge in [-0.2, -0.15) is 8.75 Å². The van der Waals surface area contributed by atoms with Gasteiger partial charge in [0.05, 0.1) is 17.9 Å². The third-order valence-electron chi connectivity index (χ3n) is 5.29. The lowest BCUT2D eigenvalue weighted by atomic mass is 10.0. The van der Waals surface area contributed by atoms with Gasteiger partial charge in [0, 0.05) is 51.0 Å². The Hall–Kier alpha value is -2.06. The standard InChI is InChI=1S/C18H22FN5OS/c19-14-3-5-15(6-4-14)22-8-10-23(11-9-22)16-2-1-7-24(13-16)18(25)17-12-20-26-21-17/h3-6,12,16H,1-2,7-11,13H2/t16-/m1/s1. The lowest BCUT2D eigenvalue weighted by molar-refractivity contribution is 0.0559. The van der Waals surface area contributed by atoms with Crippen LogP contribution in [0.5, 0.6) is 0 Å². The van der Waals surface area contributed by atoms with Crippen molar-refractivity contribution in [2.24, 2.45) is 0 Å². The molecule has 2 aliphatic rings. The first-order chi connectivity index (χ1) is 12.7. The van der Waals surface area contributed by atoms with Gasteiger partial charge >= 0.3 is 0 Å². The number of halogens is 1. The molecule has 0 bridgehead atoms. The summed E-state index contributed by atoms with van der Waals surface area (Å²) in [5, 5.41) is 0. The van der Waals surface area contributed by atoms with Crippen molar-refractivity contribution in [3.63, 3.8) is 0 Å². The molecule has 0 radical (unpaired) electrons. The van der Waals surface area contributed by atoms with E-state index in [9.17, 15) is 9.18 Å². The molecule has 3 heterocycles. The number of rotatable bonds is 3. The Kier molecular flexibility index (Phi) is 5.12. The van der Waals surface area contributed by atoms with Crippen LogP contribution in [-0.2, 0) is 0 Å². The summed E-state index contributed by atoms with van der Waals surface area (Å²) >= 11 is 1.07. The molecule has 0 spiro atoms. The minimum Gasteiger partial charge on any atom is -0.369 e. The largest absolute Gasteiger partial charge is 0.369 e. The predicted molar refractivity (Wildman–Crippen MR) is 99.0 cm³/mol. The van der Waals surface area contributed by atoms with Crippen molar-refractivity contribution in [3.8, 4) is 0 Å². The summed E-state index contributed by atoms with van der Waals surface area (Å²) in [5.74, 6) is -0.205. The van der Waals surface area contributed by atoms with Crippen LogP contribution in [0.3, 0.4) is 0 Å². The number of carbonyl (C=O) groups excluding carboxylic acids is 1. The summed E-state index contributed by atoms with van der Waals surface area (Å²) in [5.41, 5.74) is 1.53. The van der Waals surface area contributed by atoms with Crippen LogP contribution in [0.4, 0.5) is 10.1 Å². The van der Waals surface area contributed by atoms with Gasteiger partial charge in [0.25, 0.3) is 5.91 Å². The highest BCUT2D eigenvalue weighted by Crippen LogP contribution is 2.22. The van der Waals surface area contributed by atoms with E-state index in [0.29, 0.717) is 11.7 Å². The molecular weight excluding hydrogens is 353 g/mol. The third kappa shape index (κ3) is 3.71. The Morgan fingerprint density at radius 1 is 1.12 bits per heavy atom. The Morgan fingerprint density at radius 2 is 1.88 bits per heavy atom. The van der Waals surface area contributed by atoms with E-state index in [1.165, 1.54) is 12.1 Å². The van der Waals surface area contributed by atoms with Crippen molar-refractivity contribution >= 4 is 23.3 Å². The van der Waals surface area contributed by atoms with Gasteiger partial charge in [-0.1, -0.05) is 0 Å². The van der Waals surface area contributed by atoms with Crippen molar-refractivity contribution in [3.05, 3.63) is 42.0 Å². The van der Waals surface area contributed by atoms with Gasteiger partial charge in [-0.25, -0.2) is 4.39 Å². The summed E-state index contributed by atoms with van der Waals surface area (Å²) in [6, 6.07) is 7.11. The maximum atomic E-state index is 13.1. The van der Waals surface area contributed by atoms with Gasteiger partial charge in [0.1, 0.15) is 5.82 Å². The van der Waals surface area contributed by atoms with Crippen LogP contribution in [0.2, 0.25) is 0 Å². The molecule has 2 aliphatic heterocycles. The molecule has 1 aromatic heterocycles. The molecule has 2 fully saturated rings. The number of hydrogen-bond donors (Lipinski definition) is 0. The summed E-state index contributed by atoms with van der Waals surface area (Å²) < 4.78 is 21.1. The fourth-order valence-electron chi connectivity index (χ4n) is 3.86. The van der Waals surface area contributed by atoms with Crippen molar-refractivity contribution in [1.29, 1.82) is 0 Å². The second kappa shape index (κ2) is 7.67. The summed E-state index contributed by atoms with van der Waals surface area (Å²) in [6.45, 7) is 5.32. The van der Waals surface area contributed by atoms with Gasteiger partial charge in [-0.15, -0.1) is 0 Å². The topological polar surface area (TPSA) is 52.6 Å². The fourth-order valence-corrected chi connectivity index (χ4v) is 4.26. The van der Waals surface area contributed by atoms with Gasteiger partial charge < -0.3 is 9.80 Å². The number of aromatic nitrogens is 2. The average Bonchev–Trinajstić information content (AvgIpc) is 3.23. The number of anilines is 1. The summed E-state index contributed by atoms with van der Waals surface area (Å²) in [4.78, 5) is 19.2. The molecule has 0 saturated carbocycles. The van der Waals surface area contributed by atoms with Crippen LogP contribution in [0.15, 0.2) is 30.5 Å². The van der Waals surface area contributed by atoms with Crippen LogP contribution < -0.4 is 4.90 Å². The van der Waals surface area contributed by atoms with E-state index >= 15 is 0 Å². The predicted octanol–water partition coefficient (Wildman–Crippen LogP) is 2.10. The summed E-state index contributed by atoms with van der Waals surface area (Å²) in [6.07, 6.45) is 3.69. The molecule has 1 atom stereocenters. The average molecular weight is 375 g/mol. The van der Waals surface area contributed by atoms with Crippen LogP contribution in [0, 0.1) is 5.82 Å². The number of amides is 1. The first kappa shape index (κ1) is 17.4. The van der Waals surface area contributed by atoms with Crippen molar-refractivity contribution in [2.75, 3.05) is 44.2 Å². The van der Waals surface area contributed by atoms with Crippen molar-refractivity contribution in [1.82, 2.24) is 18.5 Å². The Balaban J connectivity index is 1.34. The highest BCUT2D eigenvalue weighted by Gasteiger charge is 2.31. The molecule has 8 heteroatoms. The normalized spacial score (nSPS) is 21.8. The molecule has 2 saturated heterocycles. The lowest BCUT2D eigenvalue weighted by Gasteiger charge is -2.43. The van der Waals surface area contributed by atoms with Crippen LogP contribution in [-0.4, -0.2) is 69.8 Å². The van der Waals surface area contributed by atoms with E-state index in [2.05, 4.69) is 18.5 Å². The molecule has 138 valence electrons. The molecule has 6 nitrogen and oxygen atoms in total. The quantitative estimate of drug-likeness (QED) is 0.822. The zero-order valence-electron chi connectivity index (χ0n) is 14.6. The van der Waals surface area contributed by atoms with E-state index in [1.807, 2.05) is 17.0 Å². The number of piperazine rings is 1. The lowest BCUT2D eigenvalue weighted by Crippen LogP contribution is -2.55. The van der Waals surface area contributed by atoms with Crippen LogP contribution in [0.25, 0.3) is 0 Å². The third-order valence-corrected chi connectivity index (χ3v) is 5.76. The number of benzene rings is 1. The minimum absolute atomic E-state index is 0.00611. The molecule has 0 unspecified atom stereocenters. The zero-order chi connectivity index (χ0) is 17.9. The van der Waals surface area contributed by atoms with E-state index in [-0.39, 0.29) is 11.7 Å². The van der Waals surface area contributed by atoms with Crippen LogP contribution >= 0.6 is 11.7 Å². The minimum atomic E-state index is -0.199. The molecule has 2 aromatic rings. The maximum absolute atomic E-state index is 13.1. The first-order valence-electron chi connectivity index (χ1n) is 9.02. The number of nitrogens with zero attached hydrogens (tertiary/aromatic N) is 5. The van der Waals surface area contributed by atoms with Crippen LogP contribution in [0.1, 0.15) is 23.3 Å². The van der Waals surface area contributed by atoms with E-state index in [1.54, 1.807) is 6.20 Å². The molecule has 0 aliphatic carbocycles. The SMILES string of the molecule is O=C(c1cnsn1)N1CCC[C@@H](N2CCN(c3ccc(F)cc3)CC2)C1. The Bertz CT molecular complexity index is 731. The number of likely N-dealkylation sites (tertiary alicyclic amines) is 1. The molecule has 1 aromatic carbocycles. The second-order valence-electron chi connectivity index (χ2n) is 6.84. The van der Waals surface area contributed by atoms with E-state index < -0.39 is 0 Å². The highest BCUT2D eigenvalue weighted by atomic mass is 32.1. The highest BCUT2D eigenvalue weighted by molar-refractivity contribution is 6.99. The zero-order valence-corrected chi connectivity index (χ0v) is 15.4. The summed E-state index contributed by atoms with van der Waals surface area (Å²) in [7, 11) is 0. The fraction of sp³-hybridized carbons (Fsp3) is 0.500. The van der Waals surface area contributed by atoms with Gasteiger partial charge in [-0.3, -0.25) is 9.69 Å².